The van der Waals surface area contributed by atoms with Crippen molar-refractivity contribution in [2.75, 3.05) is 17.7 Å². The van der Waals surface area contributed by atoms with Crippen LogP contribution in [0.5, 0.6) is 5.75 Å². The number of urea groups is 1. The first-order chi connectivity index (χ1) is 11.5. The van der Waals surface area contributed by atoms with Crippen molar-refractivity contribution < 1.29 is 18.3 Å². The molecule has 2 heterocycles. The van der Waals surface area contributed by atoms with E-state index in [4.69, 9.17) is 9.15 Å². The smallest absolute Gasteiger partial charge is 0.325 e. The van der Waals surface area contributed by atoms with E-state index in [1.54, 1.807) is 12.1 Å². The molecule has 2 aromatic heterocycles. The predicted molar refractivity (Wildman–Crippen MR) is 86.6 cm³/mol. The maximum absolute atomic E-state index is 13.3. The Morgan fingerprint density at radius 3 is 2.79 bits per heavy atom. The van der Waals surface area contributed by atoms with E-state index in [1.165, 1.54) is 25.3 Å². The molecule has 1 aromatic carbocycles. The van der Waals surface area contributed by atoms with Crippen LogP contribution in [0.3, 0.4) is 0 Å². The van der Waals surface area contributed by atoms with Crippen molar-refractivity contribution in [3.8, 4) is 17.2 Å². The van der Waals surface area contributed by atoms with Crippen molar-refractivity contribution in [1.82, 2.24) is 10.2 Å². The summed E-state index contributed by atoms with van der Waals surface area (Å²) >= 11 is 0. The Morgan fingerprint density at radius 1 is 1.25 bits per heavy atom. The van der Waals surface area contributed by atoms with Gasteiger partial charge in [-0.15, -0.1) is 0 Å². The highest BCUT2D eigenvalue weighted by molar-refractivity contribution is 6.00. The minimum Gasteiger partial charge on any atom is -0.495 e. The van der Waals surface area contributed by atoms with Crippen molar-refractivity contribution in [1.29, 1.82) is 0 Å². The SMILES string of the molecule is COc1ccc(F)cc1NC(=O)Nc1cc(-c2ccc(C)o2)[nH]n1. The molecule has 0 bridgehead atoms. The van der Waals surface area contributed by atoms with Crippen molar-refractivity contribution >= 4 is 17.5 Å². The van der Waals surface area contributed by atoms with Gasteiger partial charge in [-0.05, 0) is 31.2 Å². The second kappa shape index (κ2) is 6.45. The highest BCUT2D eigenvalue weighted by Gasteiger charge is 2.12. The molecule has 0 aliphatic heterocycles. The molecule has 2 amide bonds. The van der Waals surface area contributed by atoms with Crippen LogP contribution in [0.2, 0.25) is 0 Å². The van der Waals surface area contributed by atoms with Gasteiger partial charge in [0.05, 0.1) is 12.8 Å². The van der Waals surface area contributed by atoms with Crippen molar-refractivity contribution in [2.45, 2.75) is 6.92 Å². The van der Waals surface area contributed by atoms with Crippen LogP contribution in [-0.4, -0.2) is 23.3 Å². The number of rotatable bonds is 4. The summed E-state index contributed by atoms with van der Waals surface area (Å²) in [7, 11) is 1.43. The van der Waals surface area contributed by atoms with Crippen LogP contribution in [0.25, 0.3) is 11.5 Å². The number of aryl methyl sites for hydroxylation is 1. The summed E-state index contributed by atoms with van der Waals surface area (Å²) < 4.78 is 23.8. The lowest BCUT2D eigenvalue weighted by Crippen LogP contribution is -2.20. The zero-order chi connectivity index (χ0) is 17.1. The lowest BCUT2D eigenvalue weighted by Gasteiger charge is -2.10. The molecule has 3 N–H and O–H groups in total. The van der Waals surface area contributed by atoms with Crippen LogP contribution in [0.15, 0.2) is 40.8 Å². The Hall–Kier alpha value is -3.29. The molecular weight excluding hydrogens is 315 g/mol. The fourth-order valence-electron chi connectivity index (χ4n) is 2.14. The minimum absolute atomic E-state index is 0.215. The van der Waals surface area contributed by atoms with Crippen LogP contribution in [-0.2, 0) is 0 Å². The van der Waals surface area contributed by atoms with Crippen LogP contribution in [0, 0.1) is 12.7 Å². The largest absolute Gasteiger partial charge is 0.495 e. The number of furan rings is 1. The number of ether oxygens (including phenoxy) is 1. The molecule has 0 saturated carbocycles. The number of carbonyl (C=O) groups is 1. The number of nitrogens with one attached hydrogen (secondary N) is 3. The van der Waals surface area contributed by atoms with Gasteiger partial charge >= 0.3 is 6.03 Å². The number of anilines is 2. The molecule has 3 rings (SSSR count). The number of methoxy groups -OCH3 is 1. The van der Waals surface area contributed by atoms with Gasteiger partial charge in [0.25, 0.3) is 0 Å². The molecule has 0 atom stereocenters. The summed E-state index contributed by atoms with van der Waals surface area (Å²) in [6.45, 7) is 1.83. The second-order valence-electron chi connectivity index (χ2n) is 5.00. The minimum atomic E-state index is -0.576. The molecule has 8 heteroatoms. The van der Waals surface area contributed by atoms with Gasteiger partial charge in [0.15, 0.2) is 11.6 Å². The summed E-state index contributed by atoms with van der Waals surface area (Å²) in [4.78, 5) is 12.0. The van der Waals surface area contributed by atoms with Crippen molar-refractivity contribution in [2.24, 2.45) is 0 Å². The summed E-state index contributed by atoms with van der Waals surface area (Å²) in [5.41, 5.74) is 0.842. The number of aromatic amines is 1. The monoisotopic (exact) mass is 330 g/mol. The Balaban J connectivity index is 1.69. The first-order valence-electron chi connectivity index (χ1n) is 7.09. The Kier molecular flexibility index (Phi) is 4.19. The number of halogens is 1. The average molecular weight is 330 g/mol. The second-order valence-corrected chi connectivity index (χ2v) is 5.00. The third kappa shape index (κ3) is 3.37. The molecule has 7 nitrogen and oxygen atoms in total. The van der Waals surface area contributed by atoms with Gasteiger partial charge in [0.2, 0.25) is 0 Å². The van der Waals surface area contributed by atoms with Crippen LogP contribution >= 0.6 is 0 Å². The normalized spacial score (nSPS) is 10.5. The van der Waals surface area contributed by atoms with Gasteiger partial charge in [-0.2, -0.15) is 5.10 Å². The van der Waals surface area contributed by atoms with Gasteiger partial charge in [0, 0.05) is 12.1 Å². The first kappa shape index (κ1) is 15.6. The lowest BCUT2D eigenvalue weighted by atomic mass is 10.3. The standard InChI is InChI=1S/C16H15FN4O3/c1-9-3-5-14(24-9)12-8-15(21-20-12)19-16(22)18-11-7-10(17)4-6-13(11)23-2/h3-8H,1-2H3,(H3,18,19,20,21,22). The lowest BCUT2D eigenvalue weighted by molar-refractivity contribution is 0.262. The van der Waals surface area contributed by atoms with Crippen LogP contribution in [0.1, 0.15) is 5.76 Å². The van der Waals surface area contributed by atoms with Crippen LogP contribution < -0.4 is 15.4 Å². The number of hydrogen-bond acceptors (Lipinski definition) is 4. The molecule has 0 fully saturated rings. The zero-order valence-corrected chi connectivity index (χ0v) is 13.0. The fourth-order valence-corrected chi connectivity index (χ4v) is 2.14. The van der Waals surface area contributed by atoms with E-state index in [0.717, 1.165) is 5.76 Å². The molecule has 0 aliphatic rings. The summed E-state index contributed by atoms with van der Waals surface area (Å²) in [6.07, 6.45) is 0. The van der Waals surface area contributed by atoms with Gasteiger partial charge in [-0.3, -0.25) is 10.4 Å². The predicted octanol–water partition coefficient (Wildman–Crippen LogP) is 3.77. The summed E-state index contributed by atoms with van der Waals surface area (Å²) in [6, 6.07) is 8.51. The van der Waals surface area contributed by atoms with Gasteiger partial charge in [-0.1, -0.05) is 0 Å². The molecule has 3 aromatic rings. The van der Waals surface area contributed by atoms with E-state index < -0.39 is 11.8 Å². The number of amides is 2. The van der Waals surface area contributed by atoms with E-state index in [0.29, 0.717) is 23.0 Å². The number of H-pyrrole nitrogens is 1. The number of aromatic nitrogens is 2. The maximum atomic E-state index is 13.3. The number of hydrogen-bond donors (Lipinski definition) is 3. The highest BCUT2D eigenvalue weighted by Crippen LogP contribution is 2.25. The Morgan fingerprint density at radius 2 is 2.08 bits per heavy atom. The highest BCUT2D eigenvalue weighted by atomic mass is 19.1. The molecule has 0 spiro atoms. The van der Waals surface area contributed by atoms with E-state index in [-0.39, 0.29) is 5.69 Å². The van der Waals surface area contributed by atoms with E-state index in [9.17, 15) is 9.18 Å². The molecule has 0 radical (unpaired) electrons. The van der Waals surface area contributed by atoms with E-state index in [1.807, 2.05) is 13.0 Å². The topological polar surface area (TPSA) is 92.2 Å². The van der Waals surface area contributed by atoms with Crippen LogP contribution in [0.4, 0.5) is 20.7 Å². The van der Waals surface area contributed by atoms with E-state index >= 15 is 0 Å². The van der Waals surface area contributed by atoms with Gasteiger partial charge < -0.3 is 14.5 Å². The molecular formula is C16H15FN4O3. The first-order valence-corrected chi connectivity index (χ1v) is 7.09. The van der Waals surface area contributed by atoms with Crippen molar-refractivity contribution in [3.63, 3.8) is 0 Å². The van der Waals surface area contributed by atoms with Gasteiger partial charge in [0.1, 0.15) is 23.0 Å². The quantitative estimate of drug-likeness (QED) is 0.679. The molecule has 24 heavy (non-hydrogen) atoms. The fraction of sp³-hybridized carbons (Fsp3) is 0.125. The summed E-state index contributed by atoms with van der Waals surface area (Å²) in [5.74, 6) is 1.54. The summed E-state index contributed by atoms with van der Waals surface area (Å²) in [5, 5.41) is 11.8. The Labute approximate surface area is 136 Å². The number of nitrogens with zero attached hydrogens (tertiary/aromatic N) is 1. The number of benzene rings is 1. The van der Waals surface area contributed by atoms with Gasteiger partial charge in [-0.25, -0.2) is 9.18 Å². The molecule has 124 valence electrons. The third-order valence-electron chi connectivity index (χ3n) is 3.24. The molecule has 0 unspecified atom stereocenters. The zero-order valence-electron chi connectivity index (χ0n) is 13.0. The van der Waals surface area contributed by atoms with Crippen molar-refractivity contribution in [3.05, 3.63) is 48.0 Å². The number of carbonyl (C=O) groups excluding carboxylic acids is 1. The average Bonchev–Trinajstić information content (AvgIpc) is 3.16. The molecule has 0 saturated heterocycles. The maximum Gasteiger partial charge on any atom is 0.325 e. The molecule has 0 aliphatic carbocycles. The Bertz CT molecular complexity index is 872. The van der Waals surface area contributed by atoms with E-state index in [2.05, 4.69) is 20.8 Å². The third-order valence-corrected chi connectivity index (χ3v) is 3.24.